The molecule has 2 heterocycles. The first-order valence-electron chi connectivity index (χ1n) is 14.4. The molecule has 6 rings (SSSR count). The highest BCUT2D eigenvalue weighted by Gasteiger charge is 2.35. The van der Waals surface area contributed by atoms with Crippen molar-refractivity contribution in [3.05, 3.63) is 95.1 Å². The van der Waals surface area contributed by atoms with Crippen LogP contribution in [-0.2, 0) is 12.5 Å². The molecule has 1 unspecified atom stereocenters. The third-order valence-electron chi connectivity index (χ3n) is 8.69. The van der Waals surface area contributed by atoms with E-state index >= 15 is 0 Å². The molecule has 3 nitrogen and oxygen atoms in total. The third kappa shape index (κ3) is 4.19. The molecule has 39 heavy (non-hydrogen) atoms. The molecule has 0 aliphatic carbocycles. The van der Waals surface area contributed by atoms with Crippen LogP contribution in [0.2, 0.25) is 0 Å². The Bertz CT molecular complexity index is 1670. The molecule has 1 atom stereocenters. The molecule has 0 amide bonds. The molecule has 0 spiro atoms. The highest BCUT2D eigenvalue weighted by Crippen LogP contribution is 2.50. The molecule has 0 saturated heterocycles. The predicted molar refractivity (Wildman–Crippen MR) is 168 cm³/mol. The van der Waals surface area contributed by atoms with E-state index in [1.54, 1.807) is 0 Å². The van der Waals surface area contributed by atoms with Crippen molar-refractivity contribution in [1.82, 2.24) is 4.57 Å². The molecule has 1 aliphatic heterocycles. The van der Waals surface area contributed by atoms with Crippen LogP contribution in [0.25, 0.3) is 21.8 Å². The van der Waals surface area contributed by atoms with E-state index in [0.29, 0.717) is 5.92 Å². The lowest BCUT2D eigenvalue weighted by Gasteiger charge is -2.40. The quantitative estimate of drug-likeness (QED) is 0.235. The van der Waals surface area contributed by atoms with Crippen LogP contribution in [0.3, 0.4) is 0 Å². The molecule has 0 radical (unpaired) electrons. The largest absolute Gasteiger partial charge is 0.457 e. The van der Waals surface area contributed by atoms with Crippen LogP contribution in [0.4, 0.5) is 11.4 Å². The van der Waals surface area contributed by atoms with Crippen molar-refractivity contribution in [3.63, 3.8) is 0 Å². The van der Waals surface area contributed by atoms with Crippen molar-refractivity contribution in [2.45, 2.75) is 66.2 Å². The lowest BCUT2D eigenvalue weighted by molar-refractivity contribution is 0.467. The predicted octanol–water partition coefficient (Wildman–Crippen LogP) is 10.4. The minimum Gasteiger partial charge on any atom is -0.457 e. The number of aromatic nitrogens is 1. The monoisotopic (exact) mass is 518 g/mol. The van der Waals surface area contributed by atoms with Crippen LogP contribution < -0.4 is 9.64 Å². The minimum atomic E-state index is -0.0913. The van der Waals surface area contributed by atoms with Crippen LogP contribution in [0.1, 0.15) is 76.1 Å². The van der Waals surface area contributed by atoms with E-state index in [0.717, 1.165) is 23.5 Å². The van der Waals surface area contributed by atoms with Gasteiger partial charge in [0, 0.05) is 47.2 Å². The Morgan fingerprint density at radius 1 is 0.769 bits per heavy atom. The van der Waals surface area contributed by atoms with E-state index in [4.69, 9.17) is 4.74 Å². The molecule has 3 heteroatoms. The van der Waals surface area contributed by atoms with E-state index in [-0.39, 0.29) is 5.41 Å². The Hall–Kier alpha value is -3.72. The molecule has 0 N–H and O–H groups in total. The molecule has 0 fully saturated rings. The molecule has 1 aliphatic rings. The number of hydrogen-bond acceptors (Lipinski definition) is 2. The number of nitrogens with zero attached hydrogens (tertiary/aromatic N) is 2. The van der Waals surface area contributed by atoms with Gasteiger partial charge in [-0.3, -0.25) is 0 Å². The number of rotatable bonds is 4. The summed E-state index contributed by atoms with van der Waals surface area (Å²) in [7, 11) is 4.39. The zero-order valence-electron chi connectivity index (χ0n) is 25.0. The molecule has 1 aromatic heterocycles. The average molecular weight is 519 g/mol. The lowest BCUT2D eigenvalue weighted by atomic mass is 9.73. The van der Waals surface area contributed by atoms with E-state index in [1.807, 2.05) is 19.9 Å². The van der Waals surface area contributed by atoms with E-state index in [9.17, 15) is 0 Å². The fraction of sp³-hybridized carbons (Fsp3) is 0.333. The molecular formula is C36H42N2O. The summed E-state index contributed by atoms with van der Waals surface area (Å²) in [5.41, 5.74) is 10.1. The summed E-state index contributed by atoms with van der Waals surface area (Å²) in [5, 5.41) is 2.52. The smallest absolute Gasteiger partial charge is 0.131 e. The van der Waals surface area contributed by atoms with Crippen molar-refractivity contribution < 1.29 is 4.74 Å². The van der Waals surface area contributed by atoms with Gasteiger partial charge in [0.1, 0.15) is 11.5 Å². The van der Waals surface area contributed by atoms with E-state index < -0.39 is 0 Å². The standard InChI is InChI=1S/C34H36N2O.C2H6/c1-8-21(2)23-18-29-25(19-33(23)37-32-16-12-9-13-22(32)3)24-17-27-31(20-30(24)36(29)7)35(6)28-15-11-10-14-26(28)34(27,4)5;1-2/h9-21H,8H2,1-7H3;1-2H3. The summed E-state index contributed by atoms with van der Waals surface area (Å²) in [5.74, 6) is 2.28. The Labute approximate surface area is 234 Å². The Morgan fingerprint density at radius 2 is 1.41 bits per heavy atom. The van der Waals surface area contributed by atoms with Gasteiger partial charge >= 0.3 is 0 Å². The Morgan fingerprint density at radius 3 is 2.13 bits per heavy atom. The van der Waals surface area contributed by atoms with Crippen LogP contribution in [0.15, 0.2) is 72.8 Å². The Balaban J connectivity index is 0.00000151. The number of fused-ring (bicyclic) bond motifs is 5. The SMILES string of the molecule is CC.CCC(C)c1cc2c(cc1Oc1ccccc1C)c1cc3c(cc1n2C)N(C)c1ccccc1C3(C)C. The first-order valence-corrected chi connectivity index (χ1v) is 14.4. The number of aryl methyl sites for hydroxylation is 2. The molecule has 0 bridgehead atoms. The maximum atomic E-state index is 6.63. The topological polar surface area (TPSA) is 17.4 Å². The van der Waals surface area contributed by atoms with Crippen LogP contribution in [-0.4, -0.2) is 11.6 Å². The van der Waals surface area contributed by atoms with Crippen LogP contribution in [0, 0.1) is 6.92 Å². The molecule has 202 valence electrons. The van der Waals surface area contributed by atoms with Gasteiger partial charge in [0.05, 0.1) is 5.52 Å². The molecule has 5 aromatic rings. The number of anilines is 2. The molecule has 0 saturated carbocycles. The van der Waals surface area contributed by atoms with Crippen LogP contribution in [0.5, 0.6) is 11.5 Å². The van der Waals surface area contributed by atoms with Gasteiger partial charge in [-0.1, -0.05) is 77.9 Å². The summed E-state index contributed by atoms with van der Waals surface area (Å²) < 4.78 is 8.99. The van der Waals surface area contributed by atoms with E-state index in [1.165, 1.54) is 49.9 Å². The van der Waals surface area contributed by atoms with Gasteiger partial charge in [-0.15, -0.1) is 0 Å². The van der Waals surface area contributed by atoms with Gasteiger partial charge in [-0.05, 0) is 77.9 Å². The van der Waals surface area contributed by atoms with Gasteiger partial charge in [-0.25, -0.2) is 0 Å². The summed E-state index contributed by atoms with van der Waals surface area (Å²) in [6.07, 6.45) is 1.06. The summed E-state index contributed by atoms with van der Waals surface area (Å²) >= 11 is 0. The average Bonchev–Trinajstić information content (AvgIpc) is 3.22. The highest BCUT2D eigenvalue weighted by molar-refractivity contribution is 6.10. The second-order valence-electron chi connectivity index (χ2n) is 11.2. The fourth-order valence-corrected chi connectivity index (χ4v) is 6.11. The zero-order valence-corrected chi connectivity index (χ0v) is 25.0. The van der Waals surface area contributed by atoms with Crippen LogP contribution >= 0.6 is 0 Å². The second-order valence-corrected chi connectivity index (χ2v) is 11.2. The van der Waals surface area contributed by atoms with Gasteiger partial charge in [0.2, 0.25) is 0 Å². The molecule has 4 aromatic carbocycles. The van der Waals surface area contributed by atoms with E-state index in [2.05, 4.69) is 125 Å². The van der Waals surface area contributed by atoms with Gasteiger partial charge < -0.3 is 14.2 Å². The Kier molecular flexibility index (Phi) is 6.97. The second kappa shape index (κ2) is 10.1. The number of para-hydroxylation sites is 2. The maximum absolute atomic E-state index is 6.63. The lowest BCUT2D eigenvalue weighted by Crippen LogP contribution is -2.30. The third-order valence-corrected chi connectivity index (χ3v) is 8.69. The van der Waals surface area contributed by atoms with Crippen molar-refractivity contribution in [2.75, 3.05) is 11.9 Å². The summed E-state index contributed by atoms with van der Waals surface area (Å²) in [6.45, 7) is 15.3. The van der Waals surface area contributed by atoms with Crippen molar-refractivity contribution >= 4 is 33.2 Å². The zero-order chi connectivity index (χ0) is 28.1. The normalized spacial score (nSPS) is 14.4. The highest BCUT2D eigenvalue weighted by atomic mass is 16.5. The minimum absolute atomic E-state index is 0.0913. The molecular weight excluding hydrogens is 476 g/mol. The number of ether oxygens (including phenoxy) is 1. The van der Waals surface area contributed by atoms with Gasteiger partial charge in [-0.2, -0.15) is 0 Å². The number of hydrogen-bond donors (Lipinski definition) is 0. The fourth-order valence-electron chi connectivity index (χ4n) is 6.11. The van der Waals surface area contributed by atoms with Crippen molar-refractivity contribution in [1.29, 1.82) is 0 Å². The first kappa shape index (κ1) is 26.9. The van der Waals surface area contributed by atoms with Gasteiger partial charge in [0.15, 0.2) is 0 Å². The summed E-state index contributed by atoms with van der Waals surface area (Å²) in [4.78, 5) is 2.35. The van der Waals surface area contributed by atoms with Crippen molar-refractivity contribution in [3.8, 4) is 11.5 Å². The van der Waals surface area contributed by atoms with Gasteiger partial charge in [0.25, 0.3) is 0 Å². The maximum Gasteiger partial charge on any atom is 0.131 e. The van der Waals surface area contributed by atoms with Crippen molar-refractivity contribution in [2.24, 2.45) is 7.05 Å². The number of benzene rings is 4. The summed E-state index contributed by atoms with van der Waals surface area (Å²) in [6, 6.07) is 26.5. The first-order chi connectivity index (χ1) is 18.7.